The molecule has 3 rings (SSSR count). The van der Waals surface area contributed by atoms with Gasteiger partial charge in [-0.1, -0.05) is 47.5 Å². The molecule has 6 nitrogen and oxygen atoms in total. The van der Waals surface area contributed by atoms with Crippen molar-refractivity contribution in [2.45, 2.75) is 46.9 Å². The van der Waals surface area contributed by atoms with E-state index in [1.807, 2.05) is 57.2 Å². The second-order valence-electron chi connectivity index (χ2n) is 7.21. The summed E-state index contributed by atoms with van der Waals surface area (Å²) in [7, 11) is 0. The third-order valence-corrected chi connectivity index (χ3v) is 4.77. The zero-order valence-electron chi connectivity index (χ0n) is 17.1. The van der Waals surface area contributed by atoms with Crippen LogP contribution in [0.1, 0.15) is 46.6 Å². The molecule has 0 fully saturated rings. The van der Waals surface area contributed by atoms with Gasteiger partial charge in [0.15, 0.2) is 0 Å². The molecule has 0 saturated heterocycles. The second kappa shape index (κ2) is 9.09. The van der Waals surface area contributed by atoms with E-state index in [0.29, 0.717) is 28.8 Å². The highest BCUT2D eigenvalue weighted by Gasteiger charge is 2.21. The number of aromatic nitrogens is 3. The molecule has 7 heteroatoms. The summed E-state index contributed by atoms with van der Waals surface area (Å²) in [5, 5.41) is 7.67. The van der Waals surface area contributed by atoms with E-state index in [0.717, 1.165) is 11.1 Å². The van der Waals surface area contributed by atoms with Crippen LogP contribution < -0.4 is 10.1 Å². The van der Waals surface area contributed by atoms with Crippen molar-refractivity contribution < 1.29 is 9.53 Å². The lowest BCUT2D eigenvalue weighted by atomic mass is 10.1. The van der Waals surface area contributed by atoms with E-state index in [2.05, 4.69) is 15.4 Å². The monoisotopic (exact) mass is 412 g/mol. The number of amides is 1. The summed E-state index contributed by atoms with van der Waals surface area (Å²) in [5.74, 6) is 0.239. The number of aryl methyl sites for hydroxylation is 2. The number of nitrogens with zero attached hydrogens (tertiary/aromatic N) is 3. The number of carbonyl (C=O) groups is 1. The van der Waals surface area contributed by atoms with Crippen LogP contribution in [0.5, 0.6) is 5.88 Å². The van der Waals surface area contributed by atoms with Gasteiger partial charge in [-0.05, 0) is 39.3 Å². The Balaban J connectivity index is 1.73. The fourth-order valence-electron chi connectivity index (χ4n) is 2.93. The van der Waals surface area contributed by atoms with Crippen LogP contribution in [-0.4, -0.2) is 26.8 Å². The van der Waals surface area contributed by atoms with Crippen molar-refractivity contribution in [3.8, 4) is 5.88 Å². The first-order valence-electron chi connectivity index (χ1n) is 9.52. The van der Waals surface area contributed by atoms with Crippen LogP contribution >= 0.6 is 11.6 Å². The van der Waals surface area contributed by atoms with Gasteiger partial charge < -0.3 is 10.1 Å². The molecule has 1 N–H and O–H groups in total. The predicted octanol–water partition coefficient (Wildman–Crippen LogP) is 4.31. The number of halogens is 1. The molecule has 152 valence electrons. The van der Waals surface area contributed by atoms with Gasteiger partial charge in [-0.3, -0.25) is 4.79 Å². The third-order valence-electron chi connectivity index (χ3n) is 4.38. The molecule has 0 atom stereocenters. The zero-order chi connectivity index (χ0) is 21.0. The minimum absolute atomic E-state index is 0.00366. The molecule has 2 aromatic heterocycles. The highest BCUT2D eigenvalue weighted by Crippen LogP contribution is 2.22. The van der Waals surface area contributed by atoms with Gasteiger partial charge in [0.25, 0.3) is 5.91 Å². The van der Waals surface area contributed by atoms with Gasteiger partial charge >= 0.3 is 0 Å². The molecular formula is C22H25ClN4O2. The van der Waals surface area contributed by atoms with E-state index >= 15 is 0 Å². The highest BCUT2D eigenvalue weighted by molar-refractivity contribution is 6.33. The van der Waals surface area contributed by atoms with Gasteiger partial charge in [0.1, 0.15) is 5.15 Å². The van der Waals surface area contributed by atoms with Crippen molar-refractivity contribution in [3.63, 3.8) is 0 Å². The summed E-state index contributed by atoms with van der Waals surface area (Å²) in [4.78, 5) is 17.0. The minimum atomic E-state index is -0.276. The Kier molecular flexibility index (Phi) is 6.54. The molecule has 3 aromatic rings. The quantitative estimate of drug-likeness (QED) is 0.627. The maximum absolute atomic E-state index is 12.8. The second-order valence-corrected chi connectivity index (χ2v) is 7.57. The van der Waals surface area contributed by atoms with Crippen molar-refractivity contribution in [1.29, 1.82) is 0 Å². The smallest absolute Gasteiger partial charge is 0.256 e. The number of nitrogens with one attached hydrogen (secondary N) is 1. The molecule has 1 amide bonds. The lowest BCUT2D eigenvalue weighted by Gasteiger charge is -2.13. The summed E-state index contributed by atoms with van der Waals surface area (Å²) in [6, 6.07) is 11.8. The van der Waals surface area contributed by atoms with Crippen molar-refractivity contribution in [3.05, 3.63) is 75.7 Å². The maximum Gasteiger partial charge on any atom is 0.256 e. The van der Waals surface area contributed by atoms with Gasteiger partial charge in [-0.2, -0.15) is 5.10 Å². The van der Waals surface area contributed by atoms with Crippen LogP contribution in [0.25, 0.3) is 0 Å². The van der Waals surface area contributed by atoms with Gasteiger partial charge in [-0.15, -0.1) is 0 Å². The highest BCUT2D eigenvalue weighted by atomic mass is 35.5. The number of benzene rings is 1. The van der Waals surface area contributed by atoms with Crippen molar-refractivity contribution >= 4 is 17.5 Å². The van der Waals surface area contributed by atoms with E-state index in [9.17, 15) is 4.79 Å². The Bertz CT molecular complexity index is 997. The number of carbonyl (C=O) groups excluding carboxylic acids is 1. The average molecular weight is 413 g/mol. The Morgan fingerprint density at radius 1 is 1.21 bits per heavy atom. The number of ether oxygens (including phenoxy) is 1. The lowest BCUT2D eigenvalue weighted by Crippen LogP contribution is -2.24. The molecule has 0 unspecified atom stereocenters. The van der Waals surface area contributed by atoms with Crippen LogP contribution in [0.15, 0.2) is 42.6 Å². The SMILES string of the molecule is Cc1ccc(Cn2nc(C)c(C(=O)NCc3cccnc3OC(C)C)c2Cl)cc1. The molecular weight excluding hydrogens is 388 g/mol. The molecule has 0 aliphatic carbocycles. The van der Waals surface area contributed by atoms with Crippen molar-refractivity contribution in [2.75, 3.05) is 0 Å². The standard InChI is InChI=1S/C22H25ClN4O2/c1-14(2)29-22-18(6-5-11-24-22)12-25-21(28)19-16(4)26-27(20(19)23)13-17-9-7-15(3)8-10-17/h5-11,14H,12-13H2,1-4H3,(H,25,28). The zero-order valence-corrected chi connectivity index (χ0v) is 17.8. The maximum atomic E-state index is 12.8. The fraction of sp³-hybridized carbons (Fsp3) is 0.318. The minimum Gasteiger partial charge on any atom is -0.475 e. The summed E-state index contributed by atoms with van der Waals surface area (Å²) in [6.45, 7) is 8.47. The predicted molar refractivity (Wildman–Crippen MR) is 113 cm³/mol. The molecule has 0 saturated carbocycles. The molecule has 0 aliphatic heterocycles. The van der Waals surface area contributed by atoms with Crippen molar-refractivity contribution in [1.82, 2.24) is 20.1 Å². The Hall–Kier alpha value is -2.86. The van der Waals surface area contributed by atoms with Crippen LogP contribution in [0, 0.1) is 13.8 Å². The largest absolute Gasteiger partial charge is 0.475 e. The first-order chi connectivity index (χ1) is 13.8. The summed E-state index contributed by atoms with van der Waals surface area (Å²) < 4.78 is 7.35. The number of hydrogen-bond acceptors (Lipinski definition) is 4. The number of rotatable bonds is 7. The van der Waals surface area contributed by atoms with E-state index < -0.39 is 0 Å². The third kappa shape index (κ3) is 5.15. The van der Waals surface area contributed by atoms with Gasteiger partial charge in [0, 0.05) is 18.3 Å². The molecule has 0 spiro atoms. The normalized spacial score (nSPS) is 11.0. The first kappa shape index (κ1) is 20.9. The Morgan fingerprint density at radius 2 is 1.93 bits per heavy atom. The molecule has 2 heterocycles. The van der Waals surface area contributed by atoms with Crippen LogP contribution in [-0.2, 0) is 13.1 Å². The number of pyridine rings is 1. The van der Waals surface area contributed by atoms with Crippen LogP contribution in [0.3, 0.4) is 0 Å². The Morgan fingerprint density at radius 3 is 2.62 bits per heavy atom. The summed E-state index contributed by atoms with van der Waals surface area (Å²) in [6.07, 6.45) is 1.66. The van der Waals surface area contributed by atoms with Crippen LogP contribution in [0.2, 0.25) is 5.15 Å². The van der Waals surface area contributed by atoms with Crippen LogP contribution in [0.4, 0.5) is 0 Å². The van der Waals surface area contributed by atoms with Crippen molar-refractivity contribution in [2.24, 2.45) is 0 Å². The van der Waals surface area contributed by atoms with Gasteiger partial charge in [-0.25, -0.2) is 9.67 Å². The molecule has 0 bridgehead atoms. The summed E-state index contributed by atoms with van der Waals surface area (Å²) in [5.41, 5.74) is 4.03. The lowest BCUT2D eigenvalue weighted by molar-refractivity contribution is 0.0950. The topological polar surface area (TPSA) is 69.0 Å². The van der Waals surface area contributed by atoms with E-state index in [-0.39, 0.29) is 18.6 Å². The van der Waals surface area contributed by atoms with E-state index in [1.165, 1.54) is 5.56 Å². The fourth-order valence-corrected chi connectivity index (χ4v) is 3.25. The Labute approximate surface area is 175 Å². The average Bonchev–Trinajstić information content (AvgIpc) is 2.95. The summed E-state index contributed by atoms with van der Waals surface area (Å²) >= 11 is 6.49. The molecule has 1 aromatic carbocycles. The van der Waals surface area contributed by atoms with E-state index in [1.54, 1.807) is 17.8 Å². The molecule has 0 aliphatic rings. The van der Waals surface area contributed by atoms with Gasteiger partial charge in [0.2, 0.25) is 5.88 Å². The van der Waals surface area contributed by atoms with Gasteiger partial charge in [0.05, 0.1) is 23.9 Å². The first-order valence-corrected chi connectivity index (χ1v) is 9.90. The van der Waals surface area contributed by atoms with E-state index in [4.69, 9.17) is 16.3 Å². The number of hydrogen-bond donors (Lipinski definition) is 1. The molecule has 0 radical (unpaired) electrons. The molecule has 29 heavy (non-hydrogen) atoms.